The van der Waals surface area contributed by atoms with Crippen molar-refractivity contribution in [1.29, 1.82) is 0 Å². The molecule has 28 heavy (non-hydrogen) atoms. The number of rotatable bonds is 5. The normalized spacial score (nSPS) is 12.2. The van der Waals surface area contributed by atoms with Gasteiger partial charge in [-0.05, 0) is 72.6 Å². The molecule has 0 aliphatic carbocycles. The van der Waals surface area contributed by atoms with Crippen molar-refractivity contribution >= 4 is 51.0 Å². The van der Waals surface area contributed by atoms with E-state index in [1.54, 1.807) is 57.2 Å². The van der Waals surface area contributed by atoms with Crippen LogP contribution in [-0.4, -0.2) is 24.6 Å². The average molecular weight is 489 g/mol. The van der Waals surface area contributed by atoms with Crippen LogP contribution in [0, 0.1) is 0 Å². The number of methoxy groups -OCH3 is 1. The number of alkyl carbamates (subject to hydrolysis) is 1. The van der Waals surface area contributed by atoms with Gasteiger partial charge in [0.15, 0.2) is 5.78 Å². The second-order valence-electron chi connectivity index (χ2n) is 6.97. The highest BCUT2D eigenvalue weighted by molar-refractivity contribution is 9.10. The van der Waals surface area contributed by atoms with Gasteiger partial charge in [-0.15, -0.1) is 0 Å². The second kappa shape index (κ2) is 9.16. The number of nitrogens with one attached hydrogen (secondary N) is 1. The van der Waals surface area contributed by atoms with Crippen LogP contribution in [0.2, 0.25) is 10.0 Å². The Kier molecular flexibility index (Phi) is 7.37. The molecule has 150 valence electrons. The van der Waals surface area contributed by atoms with Gasteiger partial charge in [0.1, 0.15) is 17.4 Å². The SMILES string of the molecule is COc1cc(C(=O)C(NC(=O)OC(C)(C)C)c2ccc(Cl)c(Cl)c2)ccc1Br. The molecule has 0 radical (unpaired) electrons. The summed E-state index contributed by atoms with van der Waals surface area (Å²) in [6, 6.07) is 8.65. The van der Waals surface area contributed by atoms with E-state index in [2.05, 4.69) is 21.2 Å². The molecule has 5 nitrogen and oxygen atoms in total. The Morgan fingerprint density at radius 2 is 1.75 bits per heavy atom. The molecule has 0 bridgehead atoms. The lowest BCUT2D eigenvalue weighted by molar-refractivity contribution is 0.0491. The summed E-state index contributed by atoms with van der Waals surface area (Å²) >= 11 is 15.4. The summed E-state index contributed by atoms with van der Waals surface area (Å²) in [6.45, 7) is 5.21. The number of halogens is 3. The first-order valence-electron chi connectivity index (χ1n) is 8.34. The molecule has 0 heterocycles. The van der Waals surface area contributed by atoms with Crippen LogP contribution in [0.4, 0.5) is 4.79 Å². The highest BCUT2D eigenvalue weighted by atomic mass is 79.9. The predicted octanol–water partition coefficient (Wildman–Crippen LogP) is 6.21. The smallest absolute Gasteiger partial charge is 0.408 e. The van der Waals surface area contributed by atoms with E-state index < -0.39 is 17.7 Å². The van der Waals surface area contributed by atoms with Gasteiger partial charge in [0.05, 0.1) is 21.6 Å². The lowest BCUT2D eigenvalue weighted by Crippen LogP contribution is -2.38. The van der Waals surface area contributed by atoms with Crippen LogP contribution >= 0.6 is 39.1 Å². The fourth-order valence-corrected chi connectivity index (χ4v) is 3.11. The zero-order valence-corrected chi connectivity index (χ0v) is 18.9. The zero-order valence-electron chi connectivity index (χ0n) is 15.8. The lowest BCUT2D eigenvalue weighted by Gasteiger charge is -2.23. The molecule has 0 aliphatic heterocycles. The van der Waals surface area contributed by atoms with Crippen molar-refractivity contribution in [2.75, 3.05) is 7.11 Å². The number of benzene rings is 2. The van der Waals surface area contributed by atoms with Crippen molar-refractivity contribution in [3.8, 4) is 5.75 Å². The van der Waals surface area contributed by atoms with Crippen molar-refractivity contribution in [2.24, 2.45) is 0 Å². The Balaban J connectivity index is 2.43. The summed E-state index contributed by atoms with van der Waals surface area (Å²) in [5.74, 6) is 0.144. The molecule has 2 rings (SSSR count). The van der Waals surface area contributed by atoms with Crippen LogP contribution in [0.5, 0.6) is 5.75 Å². The molecule has 0 fully saturated rings. The van der Waals surface area contributed by atoms with Gasteiger partial charge >= 0.3 is 6.09 Å². The van der Waals surface area contributed by atoms with Crippen LogP contribution < -0.4 is 10.1 Å². The Morgan fingerprint density at radius 3 is 2.32 bits per heavy atom. The van der Waals surface area contributed by atoms with E-state index in [9.17, 15) is 9.59 Å². The van der Waals surface area contributed by atoms with E-state index in [0.29, 0.717) is 26.4 Å². The summed E-state index contributed by atoms with van der Waals surface area (Å²) in [6.07, 6.45) is -0.721. The Bertz CT molecular complexity index is 896. The summed E-state index contributed by atoms with van der Waals surface area (Å²) < 4.78 is 11.3. The average Bonchev–Trinajstić information content (AvgIpc) is 2.60. The Morgan fingerprint density at radius 1 is 1.07 bits per heavy atom. The maximum absolute atomic E-state index is 13.2. The number of Topliss-reactive ketones (excluding diaryl/α,β-unsaturated/α-hetero) is 1. The van der Waals surface area contributed by atoms with E-state index in [4.69, 9.17) is 32.7 Å². The predicted molar refractivity (Wildman–Crippen MR) is 114 cm³/mol. The number of hydrogen-bond donors (Lipinski definition) is 1. The van der Waals surface area contributed by atoms with Gasteiger partial charge in [0, 0.05) is 5.56 Å². The van der Waals surface area contributed by atoms with Crippen LogP contribution in [0.3, 0.4) is 0 Å². The van der Waals surface area contributed by atoms with Gasteiger partial charge in [0.25, 0.3) is 0 Å². The van der Waals surface area contributed by atoms with Gasteiger partial charge in [-0.1, -0.05) is 29.3 Å². The van der Waals surface area contributed by atoms with Crippen molar-refractivity contribution in [1.82, 2.24) is 5.32 Å². The molecular weight excluding hydrogens is 469 g/mol. The number of ether oxygens (including phenoxy) is 2. The first kappa shape index (κ1) is 22.5. The minimum Gasteiger partial charge on any atom is -0.496 e. The highest BCUT2D eigenvalue weighted by Crippen LogP contribution is 2.30. The summed E-state index contributed by atoms with van der Waals surface area (Å²) in [5.41, 5.74) is 0.121. The summed E-state index contributed by atoms with van der Waals surface area (Å²) in [7, 11) is 1.50. The Labute approximate surface area is 182 Å². The minimum absolute atomic E-state index is 0.274. The molecule has 0 spiro atoms. The molecular formula is C20H20BrCl2NO4. The monoisotopic (exact) mass is 487 g/mol. The first-order valence-corrected chi connectivity index (χ1v) is 9.89. The third kappa shape index (κ3) is 5.87. The van der Waals surface area contributed by atoms with Crippen LogP contribution in [0.25, 0.3) is 0 Å². The molecule has 1 N–H and O–H groups in total. The number of amides is 1. The van der Waals surface area contributed by atoms with Gasteiger partial charge < -0.3 is 14.8 Å². The third-order valence-corrected chi connectivity index (χ3v) is 5.03. The number of carbonyl (C=O) groups is 2. The summed E-state index contributed by atoms with van der Waals surface area (Å²) in [4.78, 5) is 25.5. The maximum atomic E-state index is 13.2. The van der Waals surface area contributed by atoms with Gasteiger partial charge in [0.2, 0.25) is 0 Å². The molecule has 2 aromatic rings. The highest BCUT2D eigenvalue weighted by Gasteiger charge is 2.27. The standard InChI is InChI=1S/C20H20BrCl2NO4/c1-20(2,3)28-19(26)24-17(11-6-8-14(22)15(23)9-11)18(25)12-5-7-13(21)16(10-12)27-4/h5-10,17H,1-4H3,(H,24,26). The number of hydrogen-bond acceptors (Lipinski definition) is 4. The lowest BCUT2D eigenvalue weighted by atomic mass is 9.97. The molecule has 1 atom stereocenters. The molecule has 8 heteroatoms. The molecule has 0 saturated carbocycles. The summed E-state index contributed by atoms with van der Waals surface area (Å²) in [5, 5.41) is 3.24. The van der Waals surface area contributed by atoms with E-state index in [-0.39, 0.29) is 10.8 Å². The maximum Gasteiger partial charge on any atom is 0.408 e. The molecule has 0 aliphatic rings. The van der Waals surface area contributed by atoms with Gasteiger partial charge in [-0.3, -0.25) is 4.79 Å². The fraction of sp³-hybridized carbons (Fsp3) is 0.300. The topological polar surface area (TPSA) is 64.6 Å². The van der Waals surface area contributed by atoms with E-state index in [1.807, 2.05) is 0 Å². The van der Waals surface area contributed by atoms with Gasteiger partial charge in [-0.25, -0.2) is 4.79 Å². The van der Waals surface area contributed by atoms with Gasteiger partial charge in [-0.2, -0.15) is 0 Å². The van der Waals surface area contributed by atoms with Crippen LogP contribution in [0.15, 0.2) is 40.9 Å². The molecule has 1 amide bonds. The first-order chi connectivity index (χ1) is 13.0. The molecule has 0 aromatic heterocycles. The zero-order chi connectivity index (χ0) is 21.1. The largest absolute Gasteiger partial charge is 0.496 e. The van der Waals surface area contributed by atoms with E-state index in [1.165, 1.54) is 7.11 Å². The molecule has 2 aromatic carbocycles. The van der Waals surface area contributed by atoms with Crippen LogP contribution in [-0.2, 0) is 4.74 Å². The number of carbonyl (C=O) groups excluding carboxylic acids is 2. The quantitative estimate of drug-likeness (QED) is 0.508. The van der Waals surface area contributed by atoms with Crippen molar-refractivity contribution in [3.05, 3.63) is 62.0 Å². The molecule has 0 saturated heterocycles. The minimum atomic E-state index is -1.02. The number of ketones is 1. The van der Waals surface area contributed by atoms with Crippen molar-refractivity contribution in [3.63, 3.8) is 0 Å². The van der Waals surface area contributed by atoms with E-state index >= 15 is 0 Å². The molecule has 1 unspecified atom stereocenters. The van der Waals surface area contributed by atoms with Crippen molar-refractivity contribution in [2.45, 2.75) is 32.4 Å². The van der Waals surface area contributed by atoms with Crippen LogP contribution in [0.1, 0.15) is 42.7 Å². The second-order valence-corrected chi connectivity index (χ2v) is 8.64. The third-order valence-electron chi connectivity index (χ3n) is 3.64. The Hall–Kier alpha value is -1.76. The van der Waals surface area contributed by atoms with Crippen molar-refractivity contribution < 1.29 is 19.1 Å². The van der Waals surface area contributed by atoms with E-state index in [0.717, 1.165) is 0 Å². The fourth-order valence-electron chi connectivity index (χ4n) is 2.40.